The number of rotatable bonds is 3. The molecule has 0 spiro atoms. The first-order valence-electron chi connectivity index (χ1n) is 6.91. The second kappa shape index (κ2) is 6.21. The summed E-state index contributed by atoms with van der Waals surface area (Å²) >= 11 is 0. The molecule has 0 aromatic heterocycles. The van der Waals surface area contributed by atoms with E-state index in [0.29, 0.717) is 25.9 Å². The number of carbonyl (C=O) groups excluding carboxylic acids is 2. The molecule has 7 nitrogen and oxygen atoms in total. The van der Waals surface area contributed by atoms with Crippen molar-refractivity contribution in [3.8, 4) is 0 Å². The monoisotopic (exact) mass is 284 g/mol. The normalized spacial score (nSPS) is 30.1. The van der Waals surface area contributed by atoms with Gasteiger partial charge in [-0.25, -0.2) is 4.79 Å². The Morgan fingerprint density at radius 2 is 1.90 bits per heavy atom. The number of carboxylic acids is 1. The molecule has 2 N–H and O–H groups in total. The molecule has 2 aliphatic heterocycles. The number of nitrogens with one attached hydrogen (secondary N) is 1. The molecular formula is C13H20N2O5. The van der Waals surface area contributed by atoms with Crippen molar-refractivity contribution in [2.24, 2.45) is 0 Å². The molecule has 20 heavy (non-hydrogen) atoms. The summed E-state index contributed by atoms with van der Waals surface area (Å²) < 4.78 is 5.28. The fourth-order valence-electron chi connectivity index (χ4n) is 2.79. The van der Waals surface area contributed by atoms with Crippen LogP contribution in [0, 0.1) is 0 Å². The Kier molecular flexibility index (Phi) is 4.59. The van der Waals surface area contributed by atoms with Crippen LogP contribution in [0.15, 0.2) is 0 Å². The Morgan fingerprint density at radius 3 is 2.50 bits per heavy atom. The zero-order chi connectivity index (χ0) is 14.7. The number of amides is 2. The Hall–Kier alpha value is -1.63. The second-order valence-corrected chi connectivity index (χ2v) is 5.35. The average Bonchev–Trinajstić information content (AvgIpc) is 2.87. The van der Waals surface area contributed by atoms with E-state index in [-0.39, 0.29) is 17.9 Å². The van der Waals surface area contributed by atoms with E-state index in [9.17, 15) is 14.4 Å². The van der Waals surface area contributed by atoms with Gasteiger partial charge in [-0.15, -0.1) is 0 Å². The summed E-state index contributed by atoms with van der Waals surface area (Å²) in [6.45, 7) is 2.56. The zero-order valence-corrected chi connectivity index (χ0v) is 11.5. The van der Waals surface area contributed by atoms with E-state index >= 15 is 0 Å². The van der Waals surface area contributed by atoms with Gasteiger partial charge >= 0.3 is 5.97 Å². The van der Waals surface area contributed by atoms with E-state index in [2.05, 4.69) is 5.32 Å². The number of carbonyl (C=O) groups is 3. The fourth-order valence-corrected chi connectivity index (χ4v) is 2.79. The van der Waals surface area contributed by atoms with Gasteiger partial charge in [0.25, 0.3) is 5.91 Å². The summed E-state index contributed by atoms with van der Waals surface area (Å²) in [5.74, 6) is -1.29. The predicted octanol–water partition coefficient (Wildman–Crippen LogP) is -0.254. The molecule has 2 amide bonds. The first kappa shape index (κ1) is 14.8. The molecule has 2 aliphatic rings. The highest BCUT2D eigenvalue weighted by atomic mass is 16.5. The smallest absolute Gasteiger partial charge is 0.332 e. The van der Waals surface area contributed by atoms with Gasteiger partial charge in [0, 0.05) is 26.1 Å². The number of piperidine rings is 1. The number of carboxylic acid groups (broad SMARTS) is 1. The van der Waals surface area contributed by atoms with Gasteiger partial charge in [-0.1, -0.05) is 0 Å². The van der Waals surface area contributed by atoms with Crippen LogP contribution in [0.1, 0.15) is 32.6 Å². The second-order valence-electron chi connectivity index (χ2n) is 5.35. The van der Waals surface area contributed by atoms with Crippen molar-refractivity contribution < 1.29 is 24.2 Å². The Morgan fingerprint density at radius 1 is 1.20 bits per heavy atom. The van der Waals surface area contributed by atoms with Crippen molar-refractivity contribution in [2.75, 3.05) is 13.1 Å². The lowest BCUT2D eigenvalue weighted by Crippen LogP contribution is -2.51. The van der Waals surface area contributed by atoms with Gasteiger partial charge in [-0.05, 0) is 25.7 Å². The number of hydrogen-bond acceptors (Lipinski definition) is 4. The Labute approximate surface area is 117 Å². The number of ether oxygens (including phenoxy) is 1. The summed E-state index contributed by atoms with van der Waals surface area (Å²) in [6.07, 6.45) is 0.955. The number of likely N-dealkylation sites (tertiary alicyclic amines) is 1. The Balaban J connectivity index is 1.89. The minimum absolute atomic E-state index is 0.0260. The lowest BCUT2D eigenvalue weighted by molar-refractivity contribution is -0.155. The van der Waals surface area contributed by atoms with Crippen LogP contribution in [0.3, 0.4) is 0 Å². The van der Waals surface area contributed by atoms with Crippen LogP contribution in [0.4, 0.5) is 0 Å². The molecule has 2 rings (SSSR count). The molecule has 0 saturated carbocycles. The maximum Gasteiger partial charge on any atom is 0.332 e. The SMILES string of the molecule is CC(=O)NC1CCCN(C(=O)C2CCC(C(=O)O)O2)C1. The summed E-state index contributed by atoms with van der Waals surface area (Å²) in [6, 6.07) is -0.0260. The van der Waals surface area contributed by atoms with Crippen LogP contribution < -0.4 is 5.32 Å². The molecule has 2 saturated heterocycles. The standard InChI is InChI=1S/C13H20N2O5/c1-8(16)14-9-3-2-6-15(7-9)12(17)10-4-5-11(20-10)13(18)19/h9-11H,2-7H2,1H3,(H,14,16)(H,18,19). The van der Waals surface area contributed by atoms with Gasteiger partial charge in [-0.3, -0.25) is 9.59 Å². The molecule has 7 heteroatoms. The highest BCUT2D eigenvalue weighted by molar-refractivity contribution is 5.83. The number of hydrogen-bond donors (Lipinski definition) is 2. The summed E-state index contributed by atoms with van der Waals surface area (Å²) in [5, 5.41) is 11.7. The van der Waals surface area contributed by atoms with Gasteiger partial charge < -0.3 is 20.1 Å². The van der Waals surface area contributed by atoms with Gasteiger partial charge in [0.15, 0.2) is 6.10 Å². The van der Waals surface area contributed by atoms with E-state index in [0.717, 1.165) is 12.8 Å². The molecule has 0 aromatic carbocycles. The summed E-state index contributed by atoms with van der Waals surface area (Å²) in [7, 11) is 0. The van der Waals surface area contributed by atoms with Gasteiger partial charge in [0.2, 0.25) is 5.91 Å². The molecule has 3 atom stereocenters. The lowest BCUT2D eigenvalue weighted by atomic mass is 10.0. The molecule has 112 valence electrons. The maximum atomic E-state index is 12.3. The minimum Gasteiger partial charge on any atom is -0.479 e. The van der Waals surface area contributed by atoms with E-state index in [1.54, 1.807) is 4.90 Å². The molecule has 0 radical (unpaired) electrons. The zero-order valence-electron chi connectivity index (χ0n) is 11.5. The summed E-state index contributed by atoms with van der Waals surface area (Å²) in [4.78, 5) is 35.8. The fraction of sp³-hybridized carbons (Fsp3) is 0.769. The Bertz CT molecular complexity index is 412. The van der Waals surface area contributed by atoms with Crippen LogP contribution >= 0.6 is 0 Å². The van der Waals surface area contributed by atoms with Crippen LogP contribution in [0.25, 0.3) is 0 Å². The topological polar surface area (TPSA) is 95.9 Å². The minimum atomic E-state index is -1.02. The largest absolute Gasteiger partial charge is 0.479 e. The van der Waals surface area contributed by atoms with E-state index < -0.39 is 18.2 Å². The van der Waals surface area contributed by atoms with Crippen molar-refractivity contribution >= 4 is 17.8 Å². The van der Waals surface area contributed by atoms with Crippen molar-refractivity contribution in [1.29, 1.82) is 0 Å². The van der Waals surface area contributed by atoms with Crippen LogP contribution in [-0.4, -0.2) is 59.1 Å². The van der Waals surface area contributed by atoms with Crippen molar-refractivity contribution in [3.05, 3.63) is 0 Å². The van der Waals surface area contributed by atoms with Crippen LogP contribution in [-0.2, 0) is 19.1 Å². The molecule has 3 unspecified atom stereocenters. The van der Waals surface area contributed by atoms with E-state index in [1.165, 1.54) is 6.92 Å². The van der Waals surface area contributed by atoms with Gasteiger partial charge in [0.1, 0.15) is 6.10 Å². The summed E-state index contributed by atoms with van der Waals surface area (Å²) in [5.41, 5.74) is 0. The van der Waals surface area contributed by atoms with E-state index in [1.807, 2.05) is 0 Å². The van der Waals surface area contributed by atoms with Gasteiger partial charge in [-0.2, -0.15) is 0 Å². The first-order valence-corrected chi connectivity index (χ1v) is 6.91. The van der Waals surface area contributed by atoms with Crippen LogP contribution in [0.2, 0.25) is 0 Å². The van der Waals surface area contributed by atoms with Crippen LogP contribution in [0.5, 0.6) is 0 Å². The van der Waals surface area contributed by atoms with Gasteiger partial charge in [0.05, 0.1) is 0 Å². The molecular weight excluding hydrogens is 264 g/mol. The maximum absolute atomic E-state index is 12.3. The lowest BCUT2D eigenvalue weighted by Gasteiger charge is -2.34. The molecule has 0 bridgehead atoms. The molecule has 2 heterocycles. The van der Waals surface area contributed by atoms with E-state index in [4.69, 9.17) is 9.84 Å². The third kappa shape index (κ3) is 3.47. The average molecular weight is 284 g/mol. The van der Waals surface area contributed by atoms with Crippen molar-refractivity contribution in [2.45, 2.75) is 50.9 Å². The third-order valence-electron chi connectivity index (χ3n) is 3.71. The highest BCUT2D eigenvalue weighted by Crippen LogP contribution is 2.23. The number of aliphatic carboxylic acids is 1. The predicted molar refractivity (Wildman–Crippen MR) is 68.9 cm³/mol. The first-order chi connectivity index (χ1) is 9.47. The quantitative estimate of drug-likeness (QED) is 0.745. The van der Waals surface area contributed by atoms with Crippen molar-refractivity contribution in [3.63, 3.8) is 0 Å². The highest BCUT2D eigenvalue weighted by Gasteiger charge is 2.37. The molecule has 2 fully saturated rings. The number of nitrogens with zero attached hydrogens (tertiary/aromatic N) is 1. The molecule has 0 aliphatic carbocycles. The third-order valence-corrected chi connectivity index (χ3v) is 3.71. The van der Waals surface area contributed by atoms with Crippen molar-refractivity contribution in [1.82, 2.24) is 10.2 Å². The molecule has 0 aromatic rings.